The van der Waals surface area contributed by atoms with E-state index in [1.165, 1.54) is 18.4 Å². The van der Waals surface area contributed by atoms with Crippen molar-refractivity contribution in [3.63, 3.8) is 0 Å². The van der Waals surface area contributed by atoms with E-state index in [1.807, 2.05) is 13.1 Å². The summed E-state index contributed by atoms with van der Waals surface area (Å²) in [4.78, 5) is 9.22. The molecule has 1 aromatic carbocycles. The second-order valence-electron chi connectivity index (χ2n) is 6.81. The van der Waals surface area contributed by atoms with E-state index in [9.17, 15) is 0 Å². The molecule has 1 aromatic rings. The van der Waals surface area contributed by atoms with E-state index < -0.39 is 0 Å². The lowest BCUT2D eigenvalue weighted by Gasteiger charge is -2.30. The van der Waals surface area contributed by atoms with Gasteiger partial charge in [0.25, 0.3) is 0 Å². The summed E-state index contributed by atoms with van der Waals surface area (Å²) < 4.78 is 5.31. The number of nitrogens with one attached hydrogen (secondary N) is 1. The SMILES string of the molecule is C=CCCCN(C)C(=NC)NCC(c1ccc(OC)cc1)N1CCCC1.I. The average molecular weight is 486 g/mol. The summed E-state index contributed by atoms with van der Waals surface area (Å²) in [6.45, 7) is 7.94. The number of unbranched alkanes of at least 4 members (excludes halogenated alkanes) is 1. The molecule has 1 unspecified atom stereocenters. The molecule has 27 heavy (non-hydrogen) atoms. The number of allylic oxidation sites excluding steroid dienone is 1. The fraction of sp³-hybridized carbons (Fsp3) is 0.571. The molecule has 0 radical (unpaired) electrons. The number of ether oxygens (including phenoxy) is 1. The van der Waals surface area contributed by atoms with E-state index in [1.54, 1.807) is 7.11 Å². The molecule has 5 nitrogen and oxygen atoms in total. The maximum Gasteiger partial charge on any atom is 0.193 e. The normalized spacial score (nSPS) is 15.7. The van der Waals surface area contributed by atoms with Crippen LogP contribution < -0.4 is 10.1 Å². The number of halogens is 1. The van der Waals surface area contributed by atoms with Crippen LogP contribution in [0.25, 0.3) is 0 Å². The highest BCUT2D eigenvalue weighted by Crippen LogP contribution is 2.26. The van der Waals surface area contributed by atoms with E-state index in [2.05, 4.69) is 58.0 Å². The zero-order valence-corrected chi connectivity index (χ0v) is 19.3. The predicted molar refractivity (Wildman–Crippen MR) is 125 cm³/mol. The summed E-state index contributed by atoms with van der Waals surface area (Å²) in [6.07, 6.45) is 6.65. The van der Waals surface area contributed by atoms with Crippen molar-refractivity contribution in [2.45, 2.75) is 31.7 Å². The number of aliphatic imine (C=N–C) groups is 1. The molecule has 1 aliphatic rings. The molecule has 1 N–H and O–H groups in total. The Kier molecular flexibility index (Phi) is 11.4. The minimum atomic E-state index is 0. The molecule has 1 fully saturated rings. The fourth-order valence-corrected chi connectivity index (χ4v) is 3.49. The van der Waals surface area contributed by atoms with Crippen molar-refractivity contribution in [3.05, 3.63) is 42.5 Å². The van der Waals surface area contributed by atoms with E-state index in [4.69, 9.17) is 4.74 Å². The smallest absolute Gasteiger partial charge is 0.193 e. The monoisotopic (exact) mass is 486 g/mol. The summed E-state index contributed by atoms with van der Waals surface area (Å²) >= 11 is 0. The molecule has 1 atom stereocenters. The van der Waals surface area contributed by atoms with Crippen LogP contribution in [0, 0.1) is 0 Å². The van der Waals surface area contributed by atoms with E-state index >= 15 is 0 Å². The summed E-state index contributed by atoms with van der Waals surface area (Å²) in [7, 11) is 5.65. The van der Waals surface area contributed by atoms with Gasteiger partial charge in [0.15, 0.2) is 5.96 Å². The van der Waals surface area contributed by atoms with Crippen molar-refractivity contribution in [1.82, 2.24) is 15.1 Å². The lowest BCUT2D eigenvalue weighted by molar-refractivity contribution is 0.244. The highest BCUT2D eigenvalue weighted by atomic mass is 127. The molecular weight excluding hydrogens is 451 g/mol. The van der Waals surface area contributed by atoms with E-state index in [-0.39, 0.29) is 24.0 Å². The van der Waals surface area contributed by atoms with Crippen LogP contribution in [0.2, 0.25) is 0 Å². The molecule has 0 saturated carbocycles. The van der Waals surface area contributed by atoms with Crippen molar-refractivity contribution in [1.29, 1.82) is 0 Å². The summed E-state index contributed by atoms with van der Waals surface area (Å²) in [5.41, 5.74) is 1.32. The highest BCUT2D eigenvalue weighted by Gasteiger charge is 2.24. The molecule has 1 aliphatic heterocycles. The average Bonchev–Trinajstić information content (AvgIpc) is 3.20. The molecule has 0 aliphatic carbocycles. The van der Waals surface area contributed by atoms with Crippen LogP contribution in [0.15, 0.2) is 41.9 Å². The third-order valence-electron chi connectivity index (χ3n) is 5.01. The van der Waals surface area contributed by atoms with Crippen molar-refractivity contribution >= 4 is 29.9 Å². The second-order valence-corrected chi connectivity index (χ2v) is 6.81. The molecule has 0 aromatic heterocycles. The molecule has 0 amide bonds. The van der Waals surface area contributed by atoms with Gasteiger partial charge in [0, 0.05) is 27.2 Å². The maximum absolute atomic E-state index is 5.31. The van der Waals surface area contributed by atoms with Crippen molar-refractivity contribution in [2.24, 2.45) is 4.99 Å². The van der Waals surface area contributed by atoms with Gasteiger partial charge in [-0.05, 0) is 56.5 Å². The van der Waals surface area contributed by atoms with Crippen molar-refractivity contribution in [2.75, 3.05) is 47.4 Å². The minimum absolute atomic E-state index is 0. The Morgan fingerprint density at radius 3 is 2.56 bits per heavy atom. The van der Waals surface area contributed by atoms with Gasteiger partial charge in [0.2, 0.25) is 0 Å². The molecule has 1 heterocycles. The van der Waals surface area contributed by atoms with Crippen LogP contribution in [-0.2, 0) is 0 Å². The molecule has 0 bridgehead atoms. The summed E-state index contributed by atoms with van der Waals surface area (Å²) in [6, 6.07) is 8.81. The molecule has 152 valence electrons. The minimum Gasteiger partial charge on any atom is -0.497 e. The number of guanidine groups is 1. The second kappa shape index (κ2) is 13.0. The standard InChI is InChI=1S/C21H34N4O.HI/c1-5-6-7-14-24(3)21(22-2)23-17-20(25-15-8-9-16-25)18-10-12-19(26-4)13-11-18;/h5,10-13,20H,1,6-9,14-17H2,2-4H3,(H,22,23);1H. The van der Waals surface area contributed by atoms with Gasteiger partial charge in [-0.1, -0.05) is 18.2 Å². The molecule has 1 saturated heterocycles. The van der Waals surface area contributed by atoms with Gasteiger partial charge >= 0.3 is 0 Å². The first-order valence-electron chi connectivity index (χ1n) is 9.60. The van der Waals surface area contributed by atoms with Gasteiger partial charge in [-0.3, -0.25) is 9.89 Å². The van der Waals surface area contributed by atoms with Crippen LogP contribution in [0.1, 0.15) is 37.3 Å². The fourth-order valence-electron chi connectivity index (χ4n) is 3.49. The van der Waals surface area contributed by atoms with Gasteiger partial charge in [-0.2, -0.15) is 0 Å². The number of methoxy groups -OCH3 is 1. The topological polar surface area (TPSA) is 40.1 Å². The molecule has 2 rings (SSSR count). The van der Waals surface area contributed by atoms with E-state index in [0.717, 1.165) is 50.7 Å². The van der Waals surface area contributed by atoms with Gasteiger partial charge < -0.3 is 15.0 Å². The number of rotatable bonds is 9. The zero-order valence-electron chi connectivity index (χ0n) is 17.0. The third-order valence-corrected chi connectivity index (χ3v) is 5.01. The summed E-state index contributed by atoms with van der Waals surface area (Å²) in [5.74, 6) is 1.85. The zero-order chi connectivity index (χ0) is 18.8. The van der Waals surface area contributed by atoms with Gasteiger partial charge in [0.1, 0.15) is 5.75 Å². The Labute approximate surface area is 181 Å². The predicted octanol–water partition coefficient (Wildman–Crippen LogP) is 3.92. The largest absolute Gasteiger partial charge is 0.497 e. The van der Waals surface area contributed by atoms with Crippen LogP contribution in [-0.4, -0.2) is 63.1 Å². The van der Waals surface area contributed by atoms with Crippen LogP contribution >= 0.6 is 24.0 Å². The lowest BCUT2D eigenvalue weighted by Crippen LogP contribution is -2.43. The highest BCUT2D eigenvalue weighted by molar-refractivity contribution is 14.0. The first kappa shape index (κ1) is 23.8. The quantitative estimate of drug-likeness (QED) is 0.189. The number of hydrogen-bond acceptors (Lipinski definition) is 3. The third kappa shape index (κ3) is 7.33. The molecular formula is C21H35IN4O. The molecule has 0 spiro atoms. The Morgan fingerprint density at radius 2 is 2.00 bits per heavy atom. The number of nitrogens with zero attached hydrogens (tertiary/aromatic N) is 3. The Morgan fingerprint density at radius 1 is 1.33 bits per heavy atom. The number of hydrogen-bond donors (Lipinski definition) is 1. The molecule has 6 heteroatoms. The van der Waals surface area contributed by atoms with Gasteiger partial charge in [0.05, 0.1) is 13.2 Å². The van der Waals surface area contributed by atoms with E-state index in [0.29, 0.717) is 6.04 Å². The van der Waals surface area contributed by atoms with Crippen LogP contribution in [0.5, 0.6) is 5.75 Å². The van der Waals surface area contributed by atoms with Gasteiger partial charge in [-0.25, -0.2) is 0 Å². The maximum atomic E-state index is 5.31. The lowest BCUT2D eigenvalue weighted by atomic mass is 10.1. The number of likely N-dealkylation sites (tertiary alicyclic amines) is 1. The first-order chi connectivity index (χ1) is 12.7. The van der Waals surface area contributed by atoms with Crippen molar-refractivity contribution < 1.29 is 4.74 Å². The van der Waals surface area contributed by atoms with Crippen LogP contribution in [0.4, 0.5) is 0 Å². The van der Waals surface area contributed by atoms with Crippen molar-refractivity contribution in [3.8, 4) is 5.75 Å². The Balaban J connectivity index is 0.00000364. The Bertz CT molecular complexity index is 570. The Hall–Kier alpha value is -1.28. The number of benzene rings is 1. The van der Waals surface area contributed by atoms with Crippen LogP contribution in [0.3, 0.4) is 0 Å². The summed E-state index contributed by atoms with van der Waals surface area (Å²) in [5, 5.41) is 3.58. The first-order valence-corrected chi connectivity index (χ1v) is 9.60. The van der Waals surface area contributed by atoms with Gasteiger partial charge in [-0.15, -0.1) is 30.6 Å².